The zero-order valence-corrected chi connectivity index (χ0v) is 12.8. The first kappa shape index (κ1) is 16.0. The van der Waals surface area contributed by atoms with E-state index in [0.717, 1.165) is 16.8 Å². The molecule has 0 aliphatic heterocycles. The summed E-state index contributed by atoms with van der Waals surface area (Å²) in [5.41, 5.74) is 2.97. The van der Waals surface area contributed by atoms with Crippen LogP contribution in [0.15, 0.2) is 18.2 Å². The molecule has 5 nitrogen and oxygen atoms in total. The number of amides is 3. The Labute approximate surface area is 120 Å². The number of urea groups is 1. The van der Waals surface area contributed by atoms with Gasteiger partial charge < -0.3 is 15.5 Å². The van der Waals surface area contributed by atoms with E-state index in [1.807, 2.05) is 32.0 Å². The molecule has 2 N–H and O–H groups in total. The Morgan fingerprint density at radius 1 is 1.30 bits per heavy atom. The Hall–Kier alpha value is -2.04. The molecule has 0 saturated carbocycles. The van der Waals surface area contributed by atoms with Crippen LogP contribution in [-0.2, 0) is 4.79 Å². The summed E-state index contributed by atoms with van der Waals surface area (Å²) in [5, 5.41) is 5.43. The van der Waals surface area contributed by atoms with Crippen LogP contribution >= 0.6 is 0 Å². The van der Waals surface area contributed by atoms with Crippen LogP contribution in [0.1, 0.15) is 18.1 Å². The van der Waals surface area contributed by atoms with Crippen molar-refractivity contribution in [1.82, 2.24) is 10.2 Å². The van der Waals surface area contributed by atoms with Crippen molar-refractivity contribution in [3.8, 4) is 0 Å². The van der Waals surface area contributed by atoms with Gasteiger partial charge in [-0.1, -0.05) is 24.6 Å². The number of aryl methyl sites for hydroxylation is 2. The number of anilines is 1. The summed E-state index contributed by atoms with van der Waals surface area (Å²) < 4.78 is 0. The summed E-state index contributed by atoms with van der Waals surface area (Å²) in [6, 6.07) is 5.64. The monoisotopic (exact) mass is 277 g/mol. The van der Waals surface area contributed by atoms with Crippen molar-refractivity contribution < 1.29 is 9.59 Å². The van der Waals surface area contributed by atoms with Crippen molar-refractivity contribution in [2.75, 3.05) is 26.0 Å². The number of nitrogens with one attached hydrogen (secondary N) is 2. The van der Waals surface area contributed by atoms with Gasteiger partial charge in [0.25, 0.3) is 0 Å². The third-order valence-corrected chi connectivity index (χ3v) is 3.21. The van der Waals surface area contributed by atoms with Crippen molar-refractivity contribution in [3.63, 3.8) is 0 Å². The molecule has 0 saturated heterocycles. The predicted molar refractivity (Wildman–Crippen MR) is 80.8 cm³/mol. The van der Waals surface area contributed by atoms with Gasteiger partial charge in [0.15, 0.2) is 0 Å². The van der Waals surface area contributed by atoms with Gasteiger partial charge in [0.05, 0.1) is 5.92 Å². The Morgan fingerprint density at radius 3 is 2.50 bits per heavy atom. The van der Waals surface area contributed by atoms with Gasteiger partial charge in [-0.3, -0.25) is 4.79 Å². The van der Waals surface area contributed by atoms with E-state index >= 15 is 0 Å². The van der Waals surface area contributed by atoms with Crippen LogP contribution in [0.25, 0.3) is 0 Å². The fourth-order valence-corrected chi connectivity index (χ4v) is 1.99. The second-order valence-electron chi connectivity index (χ2n) is 5.14. The molecule has 1 rings (SSSR count). The van der Waals surface area contributed by atoms with Crippen LogP contribution in [0, 0.1) is 19.8 Å². The van der Waals surface area contributed by atoms with E-state index in [1.165, 1.54) is 4.90 Å². The van der Waals surface area contributed by atoms with Crippen LogP contribution in [0.5, 0.6) is 0 Å². The molecular weight excluding hydrogens is 254 g/mol. The summed E-state index contributed by atoms with van der Waals surface area (Å²) in [6.07, 6.45) is 0. The molecule has 0 radical (unpaired) electrons. The first-order chi connectivity index (χ1) is 9.35. The molecule has 110 valence electrons. The second kappa shape index (κ2) is 6.93. The zero-order valence-electron chi connectivity index (χ0n) is 12.8. The maximum Gasteiger partial charge on any atom is 0.321 e. The highest BCUT2D eigenvalue weighted by Gasteiger charge is 2.17. The van der Waals surface area contributed by atoms with Crippen molar-refractivity contribution in [2.24, 2.45) is 5.92 Å². The summed E-state index contributed by atoms with van der Waals surface area (Å²) in [5.74, 6) is -0.314. The third kappa shape index (κ3) is 4.26. The average molecular weight is 277 g/mol. The number of benzene rings is 1. The van der Waals surface area contributed by atoms with Crippen LogP contribution in [0.3, 0.4) is 0 Å². The zero-order chi connectivity index (χ0) is 15.3. The molecule has 0 aliphatic carbocycles. The minimum atomic E-state index is -0.241. The molecule has 20 heavy (non-hydrogen) atoms. The van der Waals surface area contributed by atoms with E-state index in [9.17, 15) is 9.59 Å². The molecule has 0 heterocycles. The highest BCUT2D eigenvalue weighted by molar-refractivity contribution is 5.90. The minimum absolute atomic E-state index is 0.0730. The van der Waals surface area contributed by atoms with Crippen molar-refractivity contribution >= 4 is 17.6 Å². The Kier molecular flexibility index (Phi) is 5.55. The molecule has 0 fully saturated rings. The van der Waals surface area contributed by atoms with Crippen LogP contribution in [0.4, 0.5) is 10.5 Å². The topological polar surface area (TPSA) is 61.4 Å². The summed E-state index contributed by atoms with van der Waals surface area (Å²) in [4.78, 5) is 25.0. The number of nitrogens with zero attached hydrogens (tertiary/aromatic N) is 1. The van der Waals surface area contributed by atoms with Gasteiger partial charge in [-0.05, 0) is 25.5 Å². The van der Waals surface area contributed by atoms with Crippen molar-refractivity contribution in [2.45, 2.75) is 20.8 Å². The maximum absolute atomic E-state index is 12.1. The minimum Gasteiger partial charge on any atom is -0.359 e. The van der Waals surface area contributed by atoms with E-state index in [4.69, 9.17) is 0 Å². The molecule has 0 aliphatic rings. The molecule has 3 amide bonds. The smallest absolute Gasteiger partial charge is 0.321 e. The lowest BCUT2D eigenvalue weighted by Gasteiger charge is -2.21. The molecule has 1 unspecified atom stereocenters. The Bertz CT molecular complexity index is 500. The molecule has 5 heteroatoms. The first-order valence-corrected chi connectivity index (χ1v) is 6.66. The van der Waals surface area contributed by atoms with Gasteiger partial charge in [-0.25, -0.2) is 4.79 Å². The fraction of sp³-hybridized carbons (Fsp3) is 0.467. The molecular formula is C15H23N3O2. The van der Waals surface area contributed by atoms with E-state index in [-0.39, 0.29) is 17.9 Å². The number of hydrogen-bond donors (Lipinski definition) is 2. The lowest BCUT2D eigenvalue weighted by atomic mass is 10.1. The Balaban J connectivity index is 2.64. The van der Waals surface area contributed by atoms with Crippen molar-refractivity contribution in [3.05, 3.63) is 29.3 Å². The van der Waals surface area contributed by atoms with Gasteiger partial charge in [0, 0.05) is 26.3 Å². The molecule has 1 aromatic rings. The lowest BCUT2D eigenvalue weighted by Crippen LogP contribution is -2.39. The molecule has 0 bridgehead atoms. The van der Waals surface area contributed by atoms with Gasteiger partial charge in [-0.2, -0.15) is 0 Å². The van der Waals surface area contributed by atoms with E-state index in [1.54, 1.807) is 21.0 Å². The molecule has 0 aromatic heterocycles. The van der Waals surface area contributed by atoms with Gasteiger partial charge >= 0.3 is 6.03 Å². The van der Waals surface area contributed by atoms with E-state index in [0.29, 0.717) is 6.54 Å². The maximum atomic E-state index is 12.1. The molecule has 0 spiro atoms. The number of hydrogen-bond acceptors (Lipinski definition) is 2. The van der Waals surface area contributed by atoms with Crippen LogP contribution in [-0.4, -0.2) is 37.5 Å². The molecule has 1 atom stereocenters. The van der Waals surface area contributed by atoms with Crippen molar-refractivity contribution in [1.29, 1.82) is 0 Å². The molecule has 1 aromatic carbocycles. The van der Waals surface area contributed by atoms with Gasteiger partial charge in [0.1, 0.15) is 0 Å². The highest BCUT2D eigenvalue weighted by atomic mass is 16.2. The van der Waals surface area contributed by atoms with Crippen LogP contribution < -0.4 is 10.6 Å². The number of rotatable bonds is 4. The SMILES string of the molecule is CNC(=O)C(C)CN(C)C(=O)Nc1ccc(C)cc1C. The van der Waals surface area contributed by atoms with Crippen LogP contribution in [0.2, 0.25) is 0 Å². The Morgan fingerprint density at radius 2 is 1.95 bits per heavy atom. The van der Waals surface area contributed by atoms with E-state index in [2.05, 4.69) is 10.6 Å². The van der Waals surface area contributed by atoms with E-state index < -0.39 is 0 Å². The first-order valence-electron chi connectivity index (χ1n) is 6.66. The average Bonchev–Trinajstić information content (AvgIpc) is 2.40. The largest absolute Gasteiger partial charge is 0.359 e. The van der Waals surface area contributed by atoms with Gasteiger partial charge in [-0.15, -0.1) is 0 Å². The standard InChI is InChI=1S/C15H23N3O2/c1-10-6-7-13(11(2)8-10)17-15(20)18(5)9-12(3)14(19)16-4/h6-8,12H,9H2,1-5H3,(H,16,19)(H,17,20). The normalized spacial score (nSPS) is 11.7. The lowest BCUT2D eigenvalue weighted by molar-refractivity contribution is -0.124. The number of carbonyl (C=O) groups excluding carboxylic acids is 2. The highest BCUT2D eigenvalue weighted by Crippen LogP contribution is 2.16. The fourth-order valence-electron chi connectivity index (χ4n) is 1.99. The van der Waals surface area contributed by atoms with Gasteiger partial charge in [0.2, 0.25) is 5.91 Å². The predicted octanol–water partition coefficient (Wildman–Crippen LogP) is 2.15. The summed E-state index contributed by atoms with van der Waals surface area (Å²) >= 11 is 0. The quantitative estimate of drug-likeness (QED) is 0.886. The second-order valence-corrected chi connectivity index (χ2v) is 5.14. The third-order valence-electron chi connectivity index (χ3n) is 3.21. The number of carbonyl (C=O) groups is 2. The summed E-state index contributed by atoms with van der Waals surface area (Å²) in [6.45, 7) is 6.13. The summed E-state index contributed by atoms with van der Waals surface area (Å²) in [7, 11) is 3.27.